The first-order valence-electron chi connectivity index (χ1n) is 6.99. The largest absolute Gasteiger partial charge is 0.245 e. The number of nitrogens with zero attached hydrogens (tertiary/aromatic N) is 2. The summed E-state index contributed by atoms with van der Waals surface area (Å²) in [6.45, 7) is 8.48. The van der Waals surface area contributed by atoms with Gasteiger partial charge in [-0.25, -0.2) is 9.97 Å². The van der Waals surface area contributed by atoms with E-state index in [1.165, 1.54) is 11.1 Å². The van der Waals surface area contributed by atoms with Crippen molar-refractivity contribution in [3.8, 4) is 10.7 Å². The SMILES string of the molecule is Cc1ccc2c(Cl)cc(-c3nc(C(C)C)cs3)nc2c1C. The molecule has 2 heterocycles. The highest BCUT2D eigenvalue weighted by molar-refractivity contribution is 7.13. The lowest BCUT2D eigenvalue weighted by atomic mass is 10.1. The minimum atomic E-state index is 0.426. The second-order valence-electron chi connectivity index (χ2n) is 5.63. The second kappa shape index (κ2) is 5.39. The topological polar surface area (TPSA) is 25.8 Å². The van der Waals surface area contributed by atoms with Crippen LogP contribution in [0.2, 0.25) is 5.02 Å². The zero-order valence-corrected chi connectivity index (χ0v) is 14.1. The van der Waals surface area contributed by atoms with Gasteiger partial charge in [-0.15, -0.1) is 11.3 Å². The van der Waals surface area contributed by atoms with Crippen LogP contribution in [0, 0.1) is 13.8 Å². The van der Waals surface area contributed by atoms with Gasteiger partial charge in [0, 0.05) is 10.8 Å². The summed E-state index contributed by atoms with van der Waals surface area (Å²) in [5, 5.41) is 4.77. The van der Waals surface area contributed by atoms with Crippen LogP contribution in [0.25, 0.3) is 21.6 Å². The first-order chi connectivity index (χ1) is 9.97. The zero-order chi connectivity index (χ0) is 15.1. The van der Waals surface area contributed by atoms with E-state index in [4.69, 9.17) is 16.6 Å². The number of halogens is 1. The first-order valence-corrected chi connectivity index (χ1v) is 8.25. The minimum Gasteiger partial charge on any atom is -0.245 e. The Kier molecular flexibility index (Phi) is 3.72. The van der Waals surface area contributed by atoms with E-state index in [2.05, 4.69) is 44.1 Å². The third-order valence-corrected chi connectivity index (χ3v) is 4.98. The van der Waals surface area contributed by atoms with E-state index in [-0.39, 0.29) is 0 Å². The Morgan fingerprint density at radius 3 is 2.57 bits per heavy atom. The molecular formula is C17H17ClN2S. The van der Waals surface area contributed by atoms with Crippen molar-refractivity contribution >= 4 is 33.8 Å². The predicted molar refractivity (Wildman–Crippen MR) is 91.4 cm³/mol. The number of aryl methyl sites for hydroxylation is 2. The third-order valence-electron chi connectivity index (χ3n) is 3.79. The molecule has 0 bridgehead atoms. The van der Waals surface area contributed by atoms with Crippen LogP contribution in [-0.4, -0.2) is 9.97 Å². The van der Waals surface area contributed by atoms with Crippen molar-refractivity contribution in [2.75, 3.05) is 0 Å². The van der Waals surface area contributed by atoms with Gasteiger partial charge in [0.1, 0.15) is 10.7 Å². The van der Waals surface area contributed by atoms with Gasteiger partial charge in [-0.2, -0.15) is 0 Å². The lowest BCUT2D eigenvalue weighted by molar-refractivity contribution is 0.834. The highest BCUT2D eigenvalue weighted by Crippen LogP contribution is 2.32. The fraction of sp³-hybridized carbons (Fsp3) is 0.294. The summed E-state index contributed by atoms with van der Waals surface area (Å²) in [5.74, 6) is 0.426. The van der Waals surface area contributed by atoms with Crippen molar-refractivity contribution in [3.05, 3.63) is 45.4 Å². The Bertz CT molecular complexity index is 821. The highest BCUT2D eigenvalue weighted by atomic mass is 35.5. The van der Waals surface area contributed by atoms with Crippen molar-refractivity contribution < 1.29 is 0 Å². The van der Waals surface area contributed by atoms with Gasteiger partial charge in [0.05, 0.1) is 16.2 Å². The number of thiazole rings is 1. The number of rotatable bonds is 2. The molecule has 0 atom stereocenters. The van der Waals surface area contributed by atoms with Crippen LogP contribution in [0.1, 0.15) is 36.6 Å². The Labute approximate surface area is 133 Å². The molecule has 4 heteroatoms. The van der Waals surface area contributed by atoms with E-state index in [1.807, 2.05) is 12.1 Å². The average molecular weight is 317 g/mol. The molecule has 0 radical (unpaired) electrons. The molecule has 0 aliphatic carbocycles. The van der Waals surface area contributed by atoms with Gasteiger partial charge in [0.25, 0.3) is 0 Å². The molecule has 21 heavy (non-hydrogen) atoms. The maximum atomic E-state index is 6.44. The highest BCUT2D eigenvalue weighted by Gasteiger charge is 2.13. The van der Waals surface area contributed by atoms with Gasteiger partial charge in [-0.3, -0.25) is 0 Å². The van der Waals surface area contributed by atoms with E-state index in [1.54, 1.807) is 11.3 Å². The monoisotopic (exact) mass is 316 g/mol. The molecule has 3 aromatic rings. The molecule has 0 unspecified atom stereocenters. The Morgan fingerprint density at radius 2 is 1.90 bits per heavy atom. The summed E-state index contributed by atoms with van der Waals surface area (Å²) in [6.07, 6.45) is 0. The maximum Gasteiger partial charge on any atom is 0.142 e. The van der Waals surface area contributed by atoms with Crippen LogP contribution in [0.15, 0.2) is 23.6 Å². The summed E-state index contributed by atoms with van der Waals surface area (Å²) < 4.78 is 0. The second-order valence-corrected chi connectivity index (χ2v) is 6.89. The van der Waals surface area contributed by atoms with Crippen LogP contribution in [0.5, 0.6) is 0 Å². The number of hydrogen-bond acceptors (Lipinski definition) is 3. The number of benzene rings is 1. The number of hydrogen-bond donors (Lipinski definition) is 0. The normalized spacial score (nSPS) is 11.5. The Hall–Kier alpha value is -1.45. The van der Waals surface area contributed by atoms with Gasteiger partial charge >= 0.3 is 0 Å². The molecule has 2 nitrogen and oxygen atoms in total. The van der Waals surface area contributed by atoms with E-state index >= 15 is 0 Å². The lowest BCUT2D eigenvalue weighted by Gasteiger charge is -2.08. The van der Waals surface area contributed by atoms with Gasteiger partial charge in [-0.05, 0) is 37.0 Å². The van der Waals surface area contributed by atoms with Crippen molar-refractivity contribution in [3.63, 3.8) is 0 Å². The van der Waals surface area contributed by atoms with Gasteiger partial charge < -0.3 is 0 Å². The van der Waals surface area contributed by atoms with Crippen molar-refractivity contribution in [1.82, 2.24) is 9.97 Å². The molecule has 0 N–H and O–H groups in total. The molecule has 1 aromatic carbocycles. The van der Waals surface area contributed by atoms with E-state index in [0.29, 0.717) is 5.92 Å². The smallest absolute Gasteiger partial charge is 0.142 e. The van der Waals surface area contributed by atoms with E-state index < -0.39 is 0 Å². The van der Waals surface area contributed by atoms with Crippen LogP contribution < -0.4 is 0 Å². The standard InChI is InChI=1S/C17H17ClN2S/c1-9(2)15-8-21-17(20-15)14-7-13(18)12-6-5-10(3)11(4)16(12)19-14/h5-9H,1-4H3. The predicted octanol–water partition coefficient (Wildman–Crippen LogP) is 5.75. The molecule has 0 saturated heterocycles. The fourth-order valence-electron chi connectivity index (χ4n) is 2.27. The van der Waals surface area contributed by atoms with Crippen LogP contribution in [0.4, 0.5) is 0 Å². The molecule has 0 amide bonds. The van der Waals surface area contributed by atoms with Gasteiger partial charge in [0.2, 0.25) is 0 Å². The van der Waals surface area contributed by atoms with Crippen molar-refractivity contribution in [1.29, 1.82) is 0 Å². The summed E-state index contributed by atoms with van der Waals surface area (Å²) in [6, 6.07) is 6.05. The third kappa shape index (κ3) is 2.56. The first kappa shape index (κ1) is 14.5. The molecular weight excluding hydrogens is 300 g/mol. The molecule has 0 fully saturated rings. The molecule has 108 valence electrons. The number of aromatic nitrogens is 2. The molecule has 0 aliphatic heterocycles. The van der Waals surface area contributed by atoms with Gasteiger partial charge in [0.15, 0.2) is 0 Å². The van der Waals surface area contributed by atoms with Crippen molar-refractivity contribution in [2.45, 2.75) is 33.6 Å². The molecule has 0 spiro atoms. The van der Waals surface area contributed by atoms with Crippen LogP contribution in [-0.2, 0) is 0 Å². The minimum absolute atomic E-state index is 0.426. The molecule has 2 aromatic heterocycles. The summed E-state index contributed by atoms with van der Waals surface area (Å²) in [5.41, 5.74) is 5.34. The fourth-order valence-corrected chi connectivity index (χ4v) is 3.46. The lowest BCUT2D eigenvalue weighted by Crippen LogP contribution is -1.92. The van der Waals surface area contributed by atoms with Crippen LogP contribution in [0.3, 0.4) is 0 Å². The molecule has 0 aliphatic rings. The van der Waals surface area contributed by atoms with Crippen LogP contribution >= 0.6 is 22.9 Å². The number of fused-ring (bicyclic) bond motifs is 1. The Balaban J connectivity index is 2.21. The molecule has 3 rings (SSSR count). The summed E-state index contributed by atoms with van der Waals surface area (Å²) in [4.78, 5) is 9.48. The average Bonchev–Trinajstić information content (AvgIpc) is 2.93. The quantitative estimate of drug-likeness (QED) is 0.601. The maximum absolute atomic E-state index is 6.44. The van der Waals surface area contributed by atoms with Gasteiger partial charge in [-0.1, -0.05) is 37.6 Å². The zero-order valence-electron chi connectivity index (χ0n) is 12.6. The summed E-state index contributed by atoms with van der Waals surface area (Å²) in [7, 11) is 0. The summed E-state index contributed by atoms with van der Waals surface area (Å²) >= 11 is 8.07. The Morgan fingerprint density at radius 1 is 1.14 bits per heavy atom. The van der Waals surface area contributed by atoms with E-state index in [9.17, 15) is 0 Å². The molecule has 0 saturated carbocycles. The van der Waals surface area contributed by atoms with E-state index in [0.717, 1.165) is 32.3 Å². The number of pyridine rings is 1. The van der Waals surface area contributed by atoms with Crippen molar-refractivity contribution in [2.24, 2.45) is 0 Å².